The van der Waals surface area contributed by atoms with Gasteiger partial charge in [-0.1, -0.05) is 34.1 Å². The smallest absolute Gasteiger partial charge is 0.267 e. The van der Waals surface area contributed by atoms with Gasteiger partial charge in [0.1, 0.15) is 0 Å². The molecule has 0 aromatic heterocycles. The van der Waals surface area contributed by atoms with Crippen molar-refractivity contribution in [2.75, 3.05) is 0 Å². The minimum absolute atomic E-state index is 0.0224. The van der Waals surface area contributed by atoms with Crippen molar-refractivity contribution in [3.05, 3.63) is 73.7 Å². The van der Waals surface area contributed by atoms with Gasteiger partial charge in [0.2, 0.25) is 0 Å². The molecule has 0 fully saturated rings. The number of hydrogen-bond acceptors (Lipinski definition) is 4. The summed E-state index contributed by atoms with van der Waals surface area (Å²) >= 11 is 3.37. The number of nitro groups is 1. The van der Waals surface area contributed by atoms with Gasteiger partial charge in [0.15, 0.2) is 0 Å². The minimum atomic E-state index is -0.473. The SMILES string of the molecule is C/C(=N\NC(=O)c1ccc(C)c(Br)c1)c1cccc([N+](=O)[O-])c1. The lowest BCUT2D eigenvalue weighted by Gasteiger charge is -2.05. The van der Waals surface area contributed by atoms with Crippen LogP contribution in [0.15, 0.2) is 52.0 Å². The van der Waals surface area contributed by atoms with Crippen molar-refractivity contribution < 1.29 is 9.72 Å². The van der Waals surface area contributed by atoms with E-state index >= 15 is 0 Å². The molecule has 0 bridgehead atoms. The number of hydrazone groups is 1. The van der Waals surface area contributed by atoms with Crippen LogP contribution in [0.2, 0.25) is 0 Å². The van der Waals surface area contributed by atoms with Gasteiger partial charge in [-0.25, -0.2) is 5.43 Å². The second-order valence-corrected chi connectivity index (χ2v) is 5.76. The van der Waals surface area contributed by atoms with E-state index in [9.17, 15) is 14.9 Å². The van der Waals surface area contributed by atoms with Crippen LogP contribution < -0.4 is 5.43 Å². The summed E-state index contributed by atoms with van der Waals surface area (Å²) in [5.41, 5.74) is 4.98. The third-order valence-electron chi connectivity index (χ3n) is 3.23. The van der Waals surface area contributed by atoms with Crippen molar-refractivity contribution in [1.82, 2.24) is 5.43 Å². The summed E-state index contributed by atoms with van der Waals surface area (Å²) in [7, 11) is 0. The first-order chi connectivity index (χ1) is 10.9. The Hall–Kier alpha value is -2.54. The molecule has 2 aromatic rings. The Labute approximate surface area is 141 Å². The summed E-state index contributed by atoms with van der Waals surface area (Å²) in [6.07, 6.45) is 0. The summed E-state index contributed by atoms with van der Waals surface area (Å²) in [6, 6.07) is 11.3. The summed E-state index contributed by atoms with van der Waals surface area (Å²) in [4.78, 5) is 22.4. The van der Waals surface area contributed by atoms with E-state index in [1.165, 1.54) is 12.1 Å². The van der Waals surface area contributed by atoms with E-state index in [1.807, 2.05) is 13.0 Å². The number of nitrogens with zero attached hydrogens (tertiary/aromatic N) is 2. The Bertz CT molecular complexity index is 803. The monoisotopic (exact) mass is 375 g/mol. The number of nitrogens with one attached hydrogen (secondary N) is 1. The molecule has 0 radical (unpaired) electrons. The predicted molar refractivity (Wildman–Crippen MR) is 91.7 cm³/mol. The fraction of sp³-hybridized carbons (Fsp3) is 0.125. The van der Waals surface area contributed by atoms with E-state index < -0.39 is 4.92 Å². The van der Waals surface area contributed by atoms with Gasteiger partial charge < -0.3 is 0 Å². The molecule has 0 aliphatic rings. The highest BCUT2D eigenvalue weighted by atomic mass is 79.9. The van der Waals surface area contributed by atoms with Crippen LogP contribution in [0.5, 0.6) is 0 Å². The molecule has 0 aliphatic carbocycles. The van der Waals surface area contributed by atoms with E-state index in [0.29, 0.717) is 16.8 Å². The summed E-state index contributed by atoms with van der Waals surface area (Å²) in [5, 5.41) is 14.8. The molecule has 118 valence electrons. The number of nitro benzene ring substituents is 1. The summed E-state index contributed by atoms with van der Waals surface area (Å²) in [5.74, 6) is -0.351. The van der Waals surface area contributed by atoms with E-state index in [0.717, 1.165) is 10.0 Å². The van der Waals surface area contributed by atoms with Gasteiger partial charge in [-0.15, -0.1) is 0 Å². The highest BCUT2D eigenvalue weighted by Gasteiger charge is 2.09. The second kappa shape index (κ2) is 7.15. The number of aryl methyl sites for hydroxylation is 1. The molecule has 2 aromatic carbocycles. The average Bonchev–Trinajstić information content (AvgIpc) is 2.54. The van der Waals surface area contributed by atoms with Crippen LogP contribution in [0, 0.1) is 17.0 Å². The first-order valence-corrected chi connectivity index (χ1v) is 7.53. The molecule has 0 atom stereocenters. The Morgan fingerprint density at radius 2 is 1.96 bits per heavy atom. The van der Waals surface area contributed by atoms with Gasteiger partial charge in [0.25, 0.3) is 11.6 Å². The quantitative estimate of drug-likeness (QED) is 0.500. The van der Waals surface area contributed by atoms with Crippen LogP contribution in [0.3, 0.4) is 0 Å². The molecular weight excluding hydrogens is 362 g/mol. The Morgan fingerprint density at radius 3 is 2.61 bits per heavy atom. The average molecular weight is 376 g/mol. The van der Waals surface area contributed by atoms with Gasteiger partial charge >= 0.3 is 0 Å². The number of rotatable bonds is 4. The Kier molecular flexibility index (Phi) is 5.23. The van der Waals surface area contributed by atoms with Crippen molar-refractivity contribution in [2.24, 2.45) is 5.10 Å². The van der Waals surface area contributed by atoms with Crippen LogP contribution in [-0.4, -0.2) is 16.5 Å². The van der Waals surface area contributed by atoms with Crippen LogP contribution in [0.4, 0.5) is 5.69 Å². The van der Waals surface area contributed by atoms with Crippen LogP contribution in [0.1, 0.15) is 28.4 Å². The lowest BCUT2D eigenvalue weighted by Crippen LogP contribution is -2.19. The molecule has 0 unspecified atom stereocenters. The van der Waals surface area contributed by atoms with E-state index in [2.05, 4.69) is 26.5 Å². The standard InChI is InChI=1S/C16H14BrN3O3/c1-10-6-7-13(9-15(10)17)16(21)19-18-11(2)12-4-3-5-14(8-12)20(22)23/h3-9H,1-2H3,(H,19,21)/b18-11+. The van der Waals surface area contributed by atoms with E-state index in [1.54, 1.807) is 31.2 Å². The molecule has 23 heavy (non-hydrogen) atoms. The molecule has 7 heteroatoms. The van der Waals surface area contributed by atoms with Gasteiger partial charge in [-0.2, -0.15) is 5.10 Å². The maximum atomic E-state index is 12.1. The molecule has 1 N–H and O–H groups in total. The van der Waals surface area contributed by atoms with Crippen molar-refractivity contribution in [3.8, 4) is 0 Å². The molecule has 0 saturated carbocycles. The lowest BCUT2D eigenvalue weighted by atomic mass is 10.1. The highest BCUT2D eigenvalue weighted by molar-refractivity contribution is 9.10. The highest BCUT2D eigenvalue weighted by Crippen LogP contribution is 2.17. The normalized spacial score (nSPS) is 11.2. The first-order valence-electron chi connectivity index (χ1n) is 6.74. The van der Waals surface area contributed by atoms with Gasteiger partial charge in [-0.05, 0) is 31.5 Å². The number of non-ortho nitro benzene ring substituents is 1. The van der Waals surface area contributed by atoms with Crippen LogP contribution in [-0.2, 0) is 0 Å². The van der Waals surface area contributed by atoms with Crippen molar-refractivity contribution >= 4 is 33.2 Å². The second-order valence-electron chi connectivity index (χ2n) is 4.91. The Balaban J connectivity index is 2.15. The van der Waals surface area contributed by atoms with Crippen LogP contribution in [0.25, 0.3) is 0 Å². The largest absolute Gasteiger partial charge is 0.271 e. The number of carbonyl (C=O) groups is 1. The molecule has 0 spiro atoms. The van der Waals surface area contributed by atoms with Crippen molar-refractivity contribution in [3.63, 3.8) is 0 Å². The molecule has 6 nitrogen and oxygen atoms in total. The third kappa shape index (κ3) is 4.23. The number of benzene rings is 2. The maximum Gasteiger partial charge on any atom is 0.271 e. The molecule has 0 heterocycles. The number of hydrogen-bond donors (Lipinski definition) is 1. The van der Waals surface area contributed by atoms with Gasteiger partial charge in [-0.3, -0.25) is 14.9 Å². The van der Waals surface area contributed by atoms with Crippen molar-refractivity contribution in [2.45, 2.75) is 13.8 Å². The minimum Gasteiger partial charge on any atom is -0.267 e. The topological polar surface area (TPSA) is 84.6 Å². The number of halogens is 1. The lowest BCUT2D eigenvalue weighted by molar-refractivity contribution is -0.384. The molecular formula is C16H14BrN3O3. The van der Waals surface area contributed by atoms with E-state index in [-0.39, 0.29) is 11.6 Å². The van der Waals surface area contributed by atoms with Crippen LogP contribution >= 0.6 is 15.9 Å². The van der Waals surface area contributed by atoms with Crippen molar-refractivity contribution in [1.29, 1.82) is 0 Å². The summed E-state index contributed by atoms with van der Waals surface area (Å²) < 4.78 is 0.838. The zero-order chi connectivity index (χ0) is 17.0. The first kappa shape index (κ1) is 16.8. The predicted octanol–water partition coefficient (Wildman–Crippen LogP) is 3.82. The van der Waals surface area contributed by atoms with Gasteiger partial charge in [0.05, 0.1) is 10.6 Å². The zero-order valence-electron chi connectivity index (χ0n) is 12.5. The third-order valence-corrected chi connectivity index (χ3v) is 4.09. The fourth-order valence-electron chi connectivity index (χ4n) is 1.84. The van der Waals surface area contributed by atoms with E-state index in [4.69, 9.17) is 0 Å². The zero-order valence-corrected chi connectivity index (χ0v) is 14.1. The Morgan fingerprint density at radius 1 is 1.22 bits per heavy atom. The number of carbonyl (C=O) groups excluding carboxylic acids is 1. The fourth-order valence-corrected chi connectivity index (χ4v) is 2.22. The van der Waals surface area contributed by atoms with Gasteiger partial charge in [0, 0.05) is 27.7 Å². The number of amides is 1. The molecule has 0 aliphatic heterocycles. The molecule has 0 saturated heterocycles. The maximum absolute atomic E-state index is 12.1. The molecule has 2 rings (SSSR count). The summed E-state index contributed by atoms with van der Waals surface area (Å²) in [6.45, 7) is 3.60. The molecule has 1 amide bonds.